The van der Waals surface area contributed by atoms with Gasteiger partial charge in [-0.25, -0.2) is 9.97 Å². The molecule has 0 radical (unpaired) electrons. The minimum absolute atomic E-state index is 0.171. The number of halogens is 1. The third-order valence-electron chi connectivity index (χ3n) is 5.49. The second-order valence-electron chi connectivity index (χ2n) is 7.81. The van der Waals surface area contributed by atoms with Crippen molar-refractivity contribution in [2.75, 3.05) is 12.4 Å². The first-order valence-corrected chi connectivity index (χ1v) is 11.6. The van der Waals surface area contributed by atoms with E-state index in [1.54, 1.807) is 42.5 Å². The van der Waals surface area contributed by atoms with E-state index in [0.717, 1.165) is 21.5 Å². The van der Waals surface area contributed by atoms with Crippen molar-refractivity contribution in [2.24, 2.45) is 0 Å². The van der Waals surface area contributed by atoms with E-state index in [4.69, 9.17) is 16.3 Å². The number of hydrogen-bond donors (Lipinski definition) is 1. The molecule has 3 aromatic heterocycles. The van der Waals surface area contributed by atoms with Gasteiger partial charge in [0.2, 0.25) is 0 Å². The highest BCUT2D eigenvalue weighted by atomic mass is 35.5. The molecular weight excluding hydrogens is 472 g/mol. The maximum Gasteiger partial charge on any atom is 0.275 e. The molecule has 2 aromatic carbocycles. The number of hydrogen-bond acceptors (Lipinski definition) is 6. The molecule has 5 rings (SSSR count). The number of pyridine rings is 1. The van der Waals surface area contributed by atoms with Gasteiger partial charge >= 0.3 is 0 Å². The van der Waals surface area contributed by atoms with E-state index < -0.39 is 0 Å². The van der Waals surface area contributed by atoms with Gasteiger partial charge in [0.05, 0.1) is 23.3 Å². The minimum Gasteiger partial charge on any atom is -0.495 e. The smallest absolute Gasteiger partial charge is 0.275 e. The fraction of sp³-hybridized carbons (Fsp3) is 0.120. The molecule has 0 bridgehead atoms. The van der Waals surface area contributed by atoms with E-state index in [1.165, 1.54) is 29.3 Å². The molecule has 7 nitrogen and oxygen atoms in total. The Bertz CT molecular complexity index is 1640. The van der Waals surface area contributed by atoms with Crippen molar-refractivity contribution in [2.45, 2.75) is 13.8 Å². The molecule has 0 aliphatic rings. The summed E-state index contributed by atoms with van der Waals surface area (Å²) in [6.07, 6.45) is 1.52. The summed E-state index contributed by atoms with van der Waals surface area (Å²) in [6.45, 7) is 3.93. The molecule has 1 N–H and O–H groups in total. The molecule has 0 aliphatic carbocycles. The molecule has 1 amide bonds. The molecule has 0 fully saturated rings. The van der Waals surface area contributed by atoms with E-state index in [0.29, 0.717) is 37.9 Å². The number of fused-ring (bicyclic) bond motifs is 3. The van der Waals surface area contributed by atoms with Crippen LogP contribution in [0.1, 0.15) is 21.6 Å². The van der Waals surface area contributed by atoms with Crippen LogP contribution in [0, 0.1) is 13.8 Å². The summed E-state index contributed by atoms with van der Waals surface area (Å²) < 4.78 is 7.16. The summed E-state index contributed by atoms with van der Waals surface area (Å²) >= 11 is 7.48. The average molecular weight is 491 g/mol. The summed E-state index contributed by atoms with van der Waals surface area (Å²) in [7, 11) is 1.53. The normalized spacial score (nSPS) is 11.2. The number of rotatable bonds is 4. The minimum atomic E-state index is -0.296. The first-order valence-electron chi connectivity index (χ1n) is 10.4. The van der Waals surface area contributed by atoms with Gasteiger partial charge in [0.25, 0.3) is 11.5 Å². The third kappa shape index (κ3) is 3.81. The Morgan fingerprint density at radius 1 is 1.12 bits per heavy atom. The van der Waals surface area contributed by atoms with Gasteiger partial charge < -0.3 is 10.1 Å². The van der Waals surface area contributed by atoms with Crippen molar-refractivity contribution in [1.82, 2.24) is 14.5 Å². The summed E-state index contributed by atoms with van der Waals surface area (Å²) in [5.41, 5.74) is 4.05. The van der Waals surface area contributed by atoms with Crippen LogP contribution >= 0.6 is 22.9 Å². The van der Waals surface area contributed by atoms with Crippen molar-refractivity contribution in [3.05, 3.63) is 87.1 Å². The lowest BCUT2D eigenvalue weighted by Crippen LogP contribution is -2.18. The van der Waals surface area contributed by atoms with Gasteiger partial charge in [0.15, 0.2) is 0 Å². The van der Waals surface area contributed by atoms with Gasteiger partial charge in [-0.15, -0.1) is 11.3 Å². The lowest BCUT2D eigenvalue weighted by molar-refractivity contribution is 0.102. The molecule has 9 heteroatoms. The first-order chi connectivity index (χ1) is 16.4. The largest absolute Gasteiger partial charge is 0.495 e. The third-order valence-corrected chi connectivity index (χ3v) is 6.85. The molecule has 3 heterocycles. The van der Waals surface area contributed by atoms with Crippen molar-refractivity contribution in [1.29, 1.82) is 0 Å². The van der Waals surface area contributed by atoms with Crippen LogP contribution in [0.5, 0.6) is 5.75 Å². The van der Waals surface area contributed by atoms with Gasteiger partial charge in [0, 0.05) is 22.3 Å². The number of aromatic nitrogens is 3. The molecule has 0 spiro atoms. The Labute approximate surface area is 203 Å². The van der Waals surface area contributed by atoms with Gasteiger partial charge in [-0.1, -0.05) is 11.6 Å². The van der Waals surface area contributed by atoms with Crippen LogP contribution < -0.4 is 15.6 Å². The van der Waals surface area contributed by atoms with E-state index in [-0.39, 0.29) is 11.5 Å². The Kier molecular flexibility index (Phi) is 5.55. The molecule has 34 heavy (non-hydrogen) atoms. The van der Waals surface area contributed by atoms with Gasteiger partial charge in [-0.05, 0) is 67.9 Å². The Morgan fingerprint density at radius 3 is 2.59 bits per heavy atom. The maximum atomic E-state index is 13.2. The highest BCUT2D eigenvalue weighted by molar-refractivity contribution is 7.25. The van der Waals surface area contributed by atoms with Crippen molar-refractivity contribution in [3.63, 3.8) is 0 Å². The number of ether oxygens (including phenoxy) is 1. The number of methoxy groups -OCH3 is 1. The quantitative estimate of drug-likeness (QED) is 0.358. The Balaban J connectivity index is 1.45. The lowest BCUT2D eigenvalue weighted by Gasteiger charge is -2.09. The standard InChI is InChI=1S/C25H19ClN4O3S/c1-13-10-14(2)28-24-20(13)21-22(34-24)25(32)30(12-27-21)17-7-4-15(5-8-17)23(31)29-16-6-9-19(33-3)18(26)11-16/h4-12H,1-3H3,(H,29,31). The number of nitrogens with one attached hydrogen (secondary N) is 1. The molecule has 5 aromatic rings. The summed E-state index contributed by atoms with van der Waals surface area (Å²) in [4.78, 5) is 35.8. The highest BCUT2D eigenvalue weighted by Crippen LogP contribution is 2.32. The predicted molar refractivity (Wildman–Crippen MR) is 136 cm³/mol. The molecule has 0 aliphatic heterocycles. The second-order valence-corrected chi connectivity index (χ2v) is 9.22. The van der Waals surface area contributed by atoms with Crippen LogP contribution in [0.3, 0.4) is 0 Å². The second kappa shape index (κ2) is 8.55. The maximum absolute atomic E-state index is 13.2. The molecular formula is C25H19ClN4O3S. The summed E-state index contributed by atoms with van der Waals surface area (Å²) in [5, 5.41) is 4.12. The number of thiophene rings is 1. The Hall–Kier alpha value is -3.75. The van der Waals surface area contributed by atoms with Crippen LogP contribution in [0.25, 0.3) is 26.1 Å². The molecule has 0 saturated heterocycles. The molecule has 0 unspecified atom stereocenters. The van der Waals surface area contributed by atoms with E-state index in [1.807, 2.05) is 19.9 Å². The molecule has 0 atom stereocenters. The van der Waals surface area contributed by atoms with Gasteiger partial charge in [-0.3, -0.25) is 14.2 Å². The SMILES string of the molecule is COc1ccc(NC(=O)c2ccc(-n3cnc4c(sc5nc(C)cc(C)c54)c3=O)cc2)cc1Cl. The summed E-state index contributed by atoms with van der Waals surface area (Å²) in [5.74, 6) is 0.231. The van der Waals surface area contributed by atoms with Crippen LogP contribution in [0.15, 0.2) is 59.7 Å². The number of aryl methyl sites for hydroxylation is 2. The zero-order valence-electron chi connectivity index (χ0n) is 18.5. The first kappa shape index (κ1) is 22.1. The number of anilines is 1. The number of nitrogens with zero attached hydrogens (tertiary/aromatic N) is 3. The van der Waals surface area contributed by atoms with Crippen molar-refractivity contribution >= 4 is 55.0 Å². The van der Waals surface area contributed by atoms with Gasteiger partial charge in [-0.2, -0.15) is 0 Å². The molecule has 170 valence electrons. The zero-order chi connectivity index (χ0) is 24.0. The molecule has 0 saturated carbocycles. The van der Waals surface area contributed by atoms with E-state index in [9.17, 15) is 9.59 Å². The topological polar surface area (TPSA) is 86.1 Å². The monoisotopic (exact) mass is 490 g/mol. The Morgan fingerprint density at radius 2 is 1.88 bits per heavy atom. The fourth-order valence-electron chi connectivity index (χ4n) is 3.87. The number of carbonyl (C=O) groups is 1. The number of benzene rings is 2. The number of amides is 1. The lowest BCUT2D eigenvalue weighted by atomic mass is 10.1. The van der Waals surface area contributed by atoms with Crippen molar-refractivity contribution < 1.29 is 9.53 Å². The van der Waals surface area contributed by atoms with Gasteiger partial charge in [0.1, 0.15) is 21.6 Å². The van der Waals surface area contributed by atoms with Crippen LogP contribution in [0.4, 0.5) is 5.69 Å². The number of carbonyl (C=O) groups excluding carboxylic acids is 1. The summed E-state index contributed by atoms with van der Waals surface area (Å²) in [6, 6.07) is 13.8. The zero-order valence-corrected chi connectivity index (χ0v) is 20.1. The fourth-order valence-corrected chi connectivity index (χ4v) is 5.31. The van der Waals surface area contributed by atoms with Crippen molar-refractivity contribution in [3.8, 4) is 11.4 Å². The van der Waals surface area contributed by atoms with E-state index in [2.05, 4.69) is 15.3 Å². The predicted octanol–water partition coefficient (Wildman–Crippen LogP) is 5.53. The van der Waals surface area contributed by atoms with E-state index >= 15 is 0 Å². The average Bonchev–Trinajstić information content (AvgIpc) is 3.19. The highest BCUT2D eigenvalue weighted by Gasteiger charge is 2.16. The van der Waals surface area contributed by atoms with Crippen LogP contribution in [0.2, 0.25) is 5.02 Å². The van der Waals surface area contributed by atoms with Crippen LogP contribution in [-0.2, 0) is 0 Å². The van der Waals surface area contributed by atoms with Crippen LogP contribution in [-0.4, -0.2) is 27.6 Å².